The molecular formula is C11H10FN5. The highest BCUT2D eigenvalue weighted by Gasteiger charge is 2.08. The molecule has 0 aliphatic rings. The summed E-state index contributed by atoms with van der Waals surface area (Å²) < 4.78 is 12.7. The maximum absolute atomic E-state index is 12.7. The van der Waals surface area contributed by atoms with Crippen LogP contribution in [0.5, 0.6) is 0 Å². The van der Waals surface area contributed by atoms with Gasteiger partial charge in [-0.3, -0.25) is 0 Å². The molecule has 2 rings (SSSR count). The van der Waals surface area contributed by atoms with E-state index in [9.17, 15) is 4.39 Å². The van der Waals surface area contributed by atoms with E-state index in [0.29, 0.717) is 17.9 Å². The van der Waals surface area contributed by atoms with Gasteiger partial charge < -0.3 is 0 Å². The maximum atomic E-state index is 12.7. The lowest BCUT2D eigenvalue weighted by Gasteiger charge is -1.98. The number of aromatic nitrogens is 4. The number of nitrogens with zero attached hydrogens (tertiary/aromatic N) is 5. The first-order valence-electron chi connectivity index (χ1n) is 5.12. The topological polar surface area (TPSA) is 67.4 Å². The number of nitriles is 1. The first kappa shape index (κ1) is 11.2. The Bertz CT molecular complexity index is 540. The van der Waals surface area contributed by atoms with Crippen LogP contribution < -0.4 is 0 Å². The maximum Gasteiger partial charge on any atom is 0.204 e. The van der Waals surface area contributed by atoms with Crippen molar-refractivity contribution in [3.63, 3.8) is 0 Å². The molecule has 86 valence electrons. The van der Waals surface area contributed by atoms with Crippen molar-refractivity contribution in [2.24, 2.45) is 5.92 Å². The zero-order valence-corrected chi connectivity index (χ0v) is 9.21. The molecule has 0 unspecified atom stereocenters. The Kier molecular flexibility index (Phi) is 3.10. The molecule has 5 nitrogen and oxygen atoms in total. The third-order valence-electron chi connectivity index (χ3n) is 2.21. The molecule has 0 spiro atoms. The molecule has 0 fully saturated rings. The van der Waals surface area contributed by atoms with Gasteiger partial charge in [-0.05, 0) is 36.4 Å². The Labute approximate surface area is 97.5 Å². The smallest absolute Gasteiger partial charge is 0.204 e. The highest BCUT2D eigenvalue weighted by molar-refractivity contribution is 5.53. The third-order valence-corrected chi connectivity index (χ3v) is 2.21. The summed E-state index contributed by atoms with van der Waals surface area (Å²) in [4.78, 5) is 1.37. The van der Waals surface area contributed by atoms with Crippen LogP contribution in [0.25, 0.3) is 11.4 Å². The van der Waals surface area contributed by atoms with Crippen LogP contribution >= 0.6 is 0 Å². The van der Waals surface area contributed by atoms with Gasteiger partial charge >= 0.3 is 0 Å². The van der Waals surface area contributed by atoms with Gasteiger partial charge in [0.15, 0.2) is 0 Å². The van der Waals surface area contributed by atoms with Crippen molar-refractivity contribution in [3.8, 4) is 17.5 Å². The van der Waals surface area contributed by atoms with E-state index in [1.807, 2.05) is 0 Å². The molecule has 0 aliphatic heterocycles. The Balaban J connectivity index is 2.18. The fraction of sp³-hybridized carbons (Fsp3) is 0.273. The lowest BCUT2D eigenvalue weighted by atomic mass is 10.2. The molecule has 0 amide bonds. The molecule has 1 atom stereocenters. The highest BCUT2D eigenvalue weighted by Crippen LogP contribution is 2.13. The van der Waals surface area contributed by atoms with E-state index in [1.165, 1.54) is 16.9 Å². The van der Waals surface area contributed by atoms with Crippen molar-refractivity contribution in [2.75, 3.05) is 0 Å². The second kappa shape index (κ2) is 4.70. The van der Waals surface area contributed by atoms with Crippen LogP contribution in [0.3, 0.4) is 0 Å². The number of rotatable bonds is 3. The summed E-state index contributed by atoms with van der Waals surface area (Å²) >= 11 is 0. The molecular weight excluding hydrogens is 221 g/mol. The van der Waals surface area contributed by atoms with Gasteiger partial charge in [-0.15, -0.1) is 10.2 Å². The predicted molar refractivity (Wildman–Crippen MR) is 58.0 cm³/mol. The number of halogens is 1. The van der Waals surface area contributed by atoms with E-state index in [1.54, 1.807) is 19.1 Å². The van der Waals surface area contributed by atoms with E-state index in [-0.39, 0.29) is 11.7 Å². The summed E-state index contributed by atoms with van der Waals surface area (Å²) in [5.41, 5.74) is 0.697. The van der Waals surface area contributed by atoms with Gasteiger partial charge in [0.25, 0.3) is 0 Å². The molecule has 1 heterocycles. The second-order valence-electron chi connectivity index (χ2n) is 3.70. The average molecular weight is 231 g/mol. The number of tetrazole rings is 1. The number of hydrogen-bond acceptors (Lipinski definition) is 4. The van der Waals surface area contributed by atoms with Crippen molar-refractivity contribution >= 4 is 0 Å². The molecule has 0 aliphatic carbocycles. The van der Waals surface area contributed by atoms with Crippen LogP contribution in [0.4, 0.5) is 4.39 Å². The van der Waals surface area contributed by atoms with E-state index >= 15 is 0 Å². The fourth-order valence-electron chi connectivity index (χ4n) is 1.32. The summed E-state index contributed by atoms with van der Waals surface area (Å²) in [5.74, 6) is -0.0559. The Morgan fingerprint density at radius 1 is 1.41 bits per heavy atom. The normalized spacial score (nSPS) is 12.1. The molecule has 17 heavy (non-hydrogen) atoms. The summed E-state index contributed by atoms with van der Waals surface area (Å²) in [6.07, 6.45) is 0. The largest absolute Gasteiger partial charge is 0.207 e. The van der Waals surface area contributed by atoms with Gasteiger partial charge in [0.05, 0.1) is 18.5 Å². The molecule has 0 saturated carbocycles. The first-order valence-corrected chi connectivity index (χ1v) is 5.12. The van der Waals surface area contributed by atoms with Crippen molar-refractivity contribution in [1.82, 2.24) is 20.2 Å². The van der Waals surface area contributed by atoms with Gasteiger partial charge in [0, 0.05) is 5.56 Å². The molecule has 0 bridgehead atoms. The Hall–Kier alpha value is -2.29. The fourth-order valence-corrected chi connectivity index (χ4v) is 1.32. The molecule has 2 aromatic rings. The third kappa shape index (κ3) is 2.64. The van der Waals surface area contributed by atoms with Crippen LogP contribution in [0.15, 0.2) is 24.3 Å². The monoisotopic (exact) mass is 231 g/mol. The first-order chi connectivity index (χ1) is 8.19. The minimum Gasteiger partial charge on any atom is -0.207 e. The van der Waals surface area contributed by atoms with Crippen LogP contribution in [-0.4, -0.2) is 20.2 Å². The van der Waals surface area contributed by atoms with Crippen molar-refractivity contribution < 1.29 is 4.39 Å². The molecule has 1 aromatic heterocycles. The zero-order valence-electron chi connectivity index (χ0n) is 9.21. The molecule has 1 aromatic carbocycles. The van der Waals surface area contributed by atoms with E-state index < -0.39 is 0 Å². The van der Waals surface area contributed by atoms with Gasteiger partial charge in [-0.2, -0.15) is 10.1 Å². The van der Waals surface area contributed by atoms with Crippen LogP contribution in [0.1, 0.15) is 6.92 Å². The summed E-state index contributed by atoms with van der Waals surface area (Å²) in [5, 5.41) is 20.5. The van der Waals surface area contributed by atoms with E-state index in [2.05, 4.69) is 21.5 Å². The number of hydrogen-bond donors (Lipinski definition) is 0. The van der Waals surface area contributed by atoms with Crippen molar-refractivity contribution in [1.29, 1.82) is 5.26 Å². The van der Waals surface area contributed by atoms with Gasteiger partial charge in [0.2, 0.25) is 5.82 Å². The van der Waals surface area contributed by atoms with Gasteiger partial charge in [-0.25, -0.2) is 4.39 Å². The second-order valence-corrected chi connectivity index (χ2v) is 3.70. The minimum atomic E-state index is -0.306. The highest BCUT2D eigenvalue weighted by atomic mass is 19.1. The summed E-state index contributed by atoms with van der Waals surface area (Å²) in [6, 6.07) is 7.95. The lowest BCUT2D eigenvalue weighted by molar-refractivity contribution is 0.463. The Morgan fingerprint density at radius 3 is 2.76 bits per heavy atom. The molecule has 0 saturated heterocycles. The molecule has 0 radical (unpaired) electrons. The minimum absolute atomic E-state index is 0.176. The van der Waals surface area contributed by atoms with Crippen molar-refractivity contribution in [2.45, 2.75) is 13.5 Å². The molecule has 6 heteroatoms. The van der Waals surface area contributed by atoms with Crippen LogP contribution in [0.2, 0.25) is 0 Å². The zero-order chi connectivity index (χ0) is 12.3. The van der Waals surface area contributed by atoms with E-state index in [4.69, 9.17) is 5.26 Å². The van der Waals surface area contributed by atoms with Crippen LogP contribution in [-0.2, 0) is 6.54 Å². The lowest BCUT2D eigenvalue weighted by Crippen LogP contribution is -2.09. The number of benzene rings is 1. The van der Waals surface area contributed by atoms with Gasteiger partial charge in [0.1, 0.15) is 5.82 Å². The van der Waals surface area contributed by atoms with Gasteiger partial charge in [-0.1, -0.05) is 0 Å². The molecule has 0 N–H and O–H groups in total. The average Bonchev–Trinajstić information content (AvgIpc) is 2.78. The SMILES string of the molecule is C[C@@H](C#N)Cn1nnc(-c2ccc(F)cc2)n1. The predicted octanol–water partition coefficient (Wildman–Crippen LogP) is 1.64. The summed E-state index contributed by atoms with van der Waals surface area (Å²) in [7, 11) is 0. The van der Waals surface area contributed by atoms with Crippen LogP contribution in [0, 0.1) is 23.1 Å². The van der Waals surface area contributed by atoms with Crippen molar-refractivity contribution in [3.05, 3.63) is 30.1 Å². The standard InChI is InChI=1S/C11H10FN5/c1-8(6-13)7-17-15-11(14-16-17)9-2-4-10(12)5-3-9/h2-5,8H,7H2,1H3/t8-/m0/s1. The quantitative estimate of drug-likeness (QED) is 0.805. The summed E-state index contributed by atoms with van der Waals surface area (Å²) in [6.45, 7) is 2.17. The Morgan fingerprint density at radius 2 is 2.12 bits per heavy atom. The van der Waals surface area contributed by atoms with E-state index in [0.717, 1.165) is 0 Å².